The van der Waals surface area contributed by atoms with Crippen LogP contribution < -0.4 is 16.2 Å². The minimum Gasteiger partial charge on any atom is -0.326 e. The third-order valence-corrected chi connectivity index (χ3v) is 5.99. The van der Waals surface area contributed by atoms with Crippen LogP contribution in [0.2, 0.25) is 0 Å². The number of aromatic nitrogens is 2. The Kier molecular flexibility index (Phi) is 6.79. The average molecular weight is 498 g/mol. The Bertz CT molecular complexity index is 1700. The first-order valence-electron chi connectivity index (χ1n) is 12.0. The smallest absolute Gasteiger partial charge is 0.270 e. The number of anilines is 3. The van der Waals surface area contributed by atoms with Gasteiger partial charge >= 0.3 is 0 Å². The first-order valence-corrected chi connectivity index (χ1v) is 12.0. The number of rotatable bonds is 6. The molecule has 0 radical (unpaired) electrons. The summed E-state index contributed by atoms with van der Waals surface area (Å²) in [6.07, 6.45) is 0. The van der Waals surface area contributed by atoms with Gasteiger partial charge < -0.3 is 10.6 Å². The van der Waals surface area contributed by atoms with E-state index in [0.29, 0.717) is 16.8 Å². The number of aromatic amines is 1. The Morgan fingerprint density at radius 3 is 2.21 bits per heavy atom. The van der Waals surface area contributed by atoms with E-state index in [-0.39, 0.29) is 23.1 Å². The van der Waals surface area contributed by atoms with Crippen molar-refractivity contribution in [1.29, 1.82) is 5.26 Å². The van der Waals surface area contributed by atoms with Crippen LogP contribution in [0, 0.1) is 18.3 Å². The molecular formula is C31H23N5O2. The molecule has 184 valence electrons. The zero-order valence-corrected chi connectivity index (χ0v) is 20.5. The Hall–Kier alpha value is -5.48. The van der Waals surface area contributed by atoms with Gasteiger partial charge in [-0.05, 0) is 54.4 Å². The highest BCUT2D eigenvalue weighted by Crippen LogP contribution is 2.25. The van der Waals surface area contributed by atoms with E-state index in [2.05, 4.69) is 20.6 Å². The highest BCUT2D eigenvalue weighted by molar-refractivity contribution is 6.04. The maximum absolute atomic E-state index is 12.9. The van der Waals surface area contributed by atoms with E-state index in [1.165, 1.54) is 0 Å². The number of benzene rings is 4. The first kappa shape index (κ1) is 24.2. The van der Waals surface area contributed by atoms with Crippen LogP contribution in [0.4, 0.5) is 17.3 Å². The molecule has 5 rings (SSSR count). The molecule has 0 fully saturated rings. The number of aryl methyl sites for hydroxylation is 1. The molecule has 7 nitrogen and oxygen atoms in total. The van der Waals surface area contributed by atoms with Gasteiger partial charge in [-0.1, -0.05) is 72.3 Å². The Balaban J connectivity index is 1.39. The normalized spacial score (nSPS) is 10.4. The first-order chi connectivity index (χ1) is 18.5. The number of carbonyl (C=O) groups excluding carboxylic acids is 1. The largest absolute Gasteiger partial charge is 0.326 e. The summed E-state index contributed by atoms with van der Waals surface area (Å²) >= 11 is 0. The predicted octanol–water partition coefficient (Wildman–Crippen LogP) is 6.28. The van der Waals surface area contributed by atoms with E-state index < -0.39 is 5.56 Å². The fourth-order valence-electron chi connectivity index (χ4n) is 4.01. The van der Waals surface area contributed by atoms with Gasteiger partial charge in [0.05, 0.1) is 5.69 Å². The second-order valence-corrected chi connectivity index (χ2v) is 8.72. The van der Waals surface area contributed by atoms with Gasteiger partial charge in [-0.15, -0.1) is 0 Å². The van der Waals surface area contributed by atoms with Crippen LogP contribution in [-0.2, 0) is 0 Å². The number of hydrogen-bond acceptors (Lipinski definition) is 5. The molecule has 4 aromatic carbocycles. The minimum absolute atomic E-state index is 0.112. The van der Waals surface area contributed by atoms with Crippen molar-refractivity contribution in [1.82, 2.24) is 9.97 Å². The predicted molar refractivity (Wildman–Crippen MR) is 149 cm³/mol. The Morgan fingerprint density at radius 2 is 1.50 bits per heavy atom. The lowest BCUT2D eigenvalue weighted by atomic mass is 10.0. The summed E-state index contributed by atoms with van der Waals surface area (Å²) in [4.78, 5) is 32.7. The fraction of sp³-hybridized carbons (Fsp3) is 0.0323. The molecule has 0 saturated carbocycles. The molecule has 1 amide bonds. The summed E-state index contributed by atoms with van der Waals surface area (Å²) in [6, 6.07) is 33.8. The quantitative estimate of drug-likeness (QED) is 0.256. The standard InChI is InChI=1S/C31H23N5O2/c1-20-10-16-25(17-11-20)34-31-35-28(27(19-32)30(38)36-31)24-8-5-9-26(18-24)33-29(37)23-14-12-22(13-15-23)21-6-3-2-4-7-21/h2-18H,1H3,(H,33,37)(H2,34,35,36,38). The molecule has 38 heavy (non-hydrogen) atoms. The monoisotopic (exact) mass is 497 g/mol. The molecule has 0 aliphatic heterocycles. The lowest BCUT2D eigenvalue weighted by Crippen LogP contribution is -2.16. The summed E-state index contributed by atoms with van der Waals surface area (Å²) < 4.78 is 0. The second-order valence-electron chi connectivity index (χ2n) is 8.72. The van der Waals surface area contributed by atoms with Crippen molar-refractivity contribution in [3.05, 3.63) is 130 Å². The van der Waals surface area contributed by atoms with Crippen LogP contribution in [0.1, 0.15) is 21.5 Å². The zero-order valence-electron chi connectivity index (χ0n) is 20.5. The highest BCUT2D eigenvalue weighted by atomic mass is 16.1. The molecule has 0 atom stereocenters. The third kappa shape index (κ3) is 5.35. The van der Waals surface area contributed by atoms with E-state index >= 15 is 0 Å². The summed E-state index contributed by atoms with van der Waals surface area (Å²) in [5.74, 6) is -0.0661. The van der Waals surface area contributed by atoms with E-state index in [1.807, 2.05) is 79.7 Å². The molecule has 0 unspecified atom stereocenters. The topological polar surface area (TPSA) is 111 Å². The fourth-order valence-corrected chi connectivity index (χ4v) is 4.01. The van der Waals surface area contributed by atoms with E-state index in [9.17, 15) is 14.9 Å². The average Bonchev–Trinajstić information content (AvgIpc) is 2.95. The summed E-state index contributed by atoms with van der Waals surface area (Å²) in [5.41, 5.74) is 5.03. The van der Waals surface area contributed by atoms with Gasteiger partial charge in [0.25, 0.3) is 11.5 Å². The van der Waals surface area contributed by atoms with Crippen LogP contribution in [0.25, 0.3) is 22.4 Å². The van der Waals surface area contributed by atoms with E-state index in [1.54, 1.807) is 36.4 Å². The third-order valence-electron chi connectivity index (χ3n) is 5.99. The number of H-pyrrole nitrogens is 1. The van der Waals surface area contributed by atoms with Gasteiger partial charge in [0, 0.05) is 22.5 Å². The maximum atomic E-state index is 12.9. The van der Waals surface area contributed by atoms with Gasteiger partial charge in [-0.3, -0.25) is 14.6 Å². The van der Waals surface area contributed by atoms with Crippen molar-refractivity contribution in [2.75, 3.05) is 10.6 Å². The Morgan fingerprint density at radius 1 is 0.816 bits per heavy atom. The van der Waals surface area contributed by atoms with Gasteiger partial charge in [-0.25, -0.2) is 4.98 Å². The lowest BCUT2D eigenvalue weighted by molar-refractivity contribution is 0.102. The van der Waals surface area contributed by atoms with Crippen molar-refractivity contribution < 1.29 is 4.79 Å². The molecule has 0 saturated heterocycles. The van der Waals surface area contributed by atoms with Crippen molar-refractivity contribution >= 4 is 23.2 Å². The van der Waals surface area contributed by atoms with Gasteiger partial charge in [0.1, 0.15) is 11.6 Å². The van der Waals surface area contributed by atoms with Crippen molar-refractivity contribution in [3.63, 3.8) is 0 Å². The molecule has 1 heterocycles. The molecular weight excluding hydrogens is 474 g/mol. The van der Waals surface area contributed by atoms with Crippen molar-refractivity contribution in [2.24, 2.45) is 0 Å². The summed E-state index contributed by atoms with van der Waals surface area (Å²) in [6.45, 7) is 1.98. The molecule has 1 aromatic heterocycles. The molecule has 0 aliphatic carbocycles. The van der Waals surface area contributed by atoms with Crippen LogP contribution in [-0.4, -0.2) is 15.9 Å². The van der Waals surface area contributed by atoms with Crippen molar-refractivity contribution in [2.45, 2.75) is 6.92 Å². The molecule has 0 bridgehead atoms. The number of nitriles is 1. The molecule has 3 N–H and O–H groups in total. The number of nitrogens with zero attached hydrogens (tertiary/aromatic N) is 2. The number of carbonyl (C=O) groups is 1. The molecule has 0 spiro atoms. The van der Waals surface area contributed by atoms with Crippen LogP contribution in [0.15, 0.2) is 108 Å². The van der Waals surface area contributed by atoms with E-state index in [0.717, 1.165) is 22.4 Å². The summed E-state index contributed by atoms with van der Waals surface area (Å²) in [5, 5.41) is 15.6. The maximum Gasteiger partial charge on any atom is 0.270 e. The van der Waals surface area contributed by atoms with Gasteiger partial charge in [0.15, 0.2) is 0 Å². The van der Waals surface area contributed by atoms with E-state index in [4.69, 9.17) is 0 Å². The van der Waals surface area contributed by atoms with Crippen LogP contribution in [0.3, 0.4) is 0 Å². The number of hydrogen-bond donors (Lipinski definition) is 3. The van der Waals surface area contributed by atoms with Gasteiger partial charge in [0.2, 0.25) is 5.95 Å². The summed E-state index contributed by atoms with van der Waals surface area (Å²) in [7, 11) is 0. The van der Waals surface area contributed by atoms with Crippen LogP contribution >= 0.6 is 0 Å². The minimum atomic E-state index is -0.556. The SMILES string of the molecule is Cc1ccc(Nc2nc(-c3cccc(NC(=O)c4ccc(-c5ccccc5)cc4)c3)c(C#N)c(=O)[nH]2)cc1. The molecule has 5 aromatic rings. The van der Waals surface area contributed by atoms with Crippen LogP contribution in [0.5, 0.6) is 0 Å². The lowest BCUT2D eigenvalue weighted by Gasteiger charge is -2.11. The highest BCUT2D eigenvalue weighted by Gasteiger charge is 2.15. The zero-order chi connectivity index (χ0) is 26.5. The Labute approximate surface area is 219 Å². The molecule has 7 heteroatoms. The molecule has 0 aliphatic rings. The van der Waals surface area contributed by atoms with Gasteiger partial charge in [-0.2, -0.15) is 5.26 Å². The number of amides is 1. The second kappa shape index (κ2) is 10.6. The number of nitrogens with one attached hydrogen (secondary N) is 3. The van der Waals surface area contributed by atoms with Crippen molar-refractivity contribution in [3.8, 4) is 28.5 Å².